The van der Waals surface area contributed by atoms with Crippen LogP contribution in [0.25, 0.3) is 0 Å². The van der Waals surface area contributed by atoms with E-state index in [-0.39, 0.29) is 23.4 Å². The van der Waals surface area contributed by atoms with E-state index in [2.05, 4.69) is 20.8 Å². The van der Waals surface area contributed by atoms with Crippen molar-refractivity contribution in [2.24, 2.45) is 11.3 Å². The minimum Gasteiger partial charge on any atom is -0.462 e. The maximum absolute atomic E-state index is 11.2. The van der Waals surface area contributed by atoms with Crippen LogP contribution < -0.4 is 0 Å². The van der Waals surface area contributed by atoms with Gasteiger partial charge in [-0.15, -0.1) is 0 Å². The summed E-state index contributed by atoms with van der Waals surface area (Å²) in [6, 6.07) is 0. The molecule has 0 aliphatic carbocycles. The molecule has 12 heavy (non-hydrogen) atoms. The SMILES string of the molecule is CC[C@@H]1C[C@@H](C(C)(C)C)OC1=O. The number of cyclic esters (lactones) is 1. The van der Waals surface area contributed by atoms with Crippen molar-refractivity contribution in [1.82, 2.24) is 0 Å². The van der Waals surface area contributed by atoms with E-state index < -0.39 is 0 Å². The summed E-state index contributed by atoms with van der Waals surface area (Å²) in [5.41, 5.74) is 0.0968. The molecule has 2 heteroatoms. The Hall–Kier alpha value is -0.530. The highest BCUT2D eigenvalue weighted by molar-refractivity contribution is 5.74. The van der Waals surface area contributed by atoms with Crippen molar-refractivity contribution in [2.75, 3.05) is 0 Å². The van der Waals surface area contributed by atoms with Gasteiger partial charge in [-0.25, -0.2) is 0 Å². The van der Waals surface area contributed by atoms with Gasteiger partial charge in [0.1, 0.15) is 6.10 Å². The maximum Gasteiger partial charge on any atom is 0.309 e. The second-order valence-corrected chi connectivity index (χ2v) is 4.63. The van der Waals surface area contributed by atoms with E-state index >= 15 is 0 Å². The van der Waals surface area contributed by atoms with Crippen LogP contribution in [0, 0.1) is 11.3 Å². The molecule has 2 atom stereocenters. The predicted molar refractivity (Wildman–Crippen MR) is 47.7 cm³/mol. The summed E-state index contributed by atoms with van der Waals surface area (Å²) in [6.45, 7) is 8.38. The highest BCUT2D eigenvalue weighted by Gasteiger charge is 2.39. The lowest BCUT2D eigenvalue weighted by atomic mass is 9.85. The molecule has 0 radical (unpaired) electrons. The van der Waals surface area contributed by atoms with Crippen LogP contribution in [0.3, 0.4) is 0 Å². The molecular weight excluding hydrogens is 152 g/mol. The van der Waals surface area contributed by atoms with Gasteiger partial charge in [-0.2, -0.15) is 0 Å². The molecule has 0 bridgehead atoms. The Morgan fingerprint density at radius 3 is 2.33 bits per heavy atom. The Bertz CT molecular complexity index is 179. The van der Waals surface area contributed by atoms with Crippen molar-refractivity contribution in [3.8, 4) is 0 Å². The van der Waals surface area contributed by atoms with E-state index in [9.17, 15) is 4.79 Å². The first-order valence-corrected chi connectivity index (χ1v) is 4.65. The van der Waals surface area contributed by atoms with Gasteiger partial charge in [0, 0.05) is 0 Å². The monoisotopic (exact) mass is 170 g/mol. The van der Waals surface area contributed by atoms with Gasteiger partial charge in [-0.05, 0) is 18.3 Å². The molecule has 0 saturated carbocycles. The van der Waals surface area contributed by atoms with Crippen LogP contribution >= 0.6 is 0 Å². The Kier molecular flexibility index (Phi) is 2.45. The fourth-order valence-corrected chi connectivity index (χ4v) is 1.50. The van der Waals surface area contributed by atoms with Crippen LogP contribution in [-0.2, 0) is 9.53 Å². The summed E-state index contributed by atoms with van der Waals surface area (Å²) in [4.78, 5) is 11.2. The average molecular weight is 170 g/mol. The Morgan fingerprint density at radius 1 is 1.50 bits per heavy atom. The largest absolute Gasteiger partial charge is 0.462 e. The smallest absolute Gasteiger partial charge is 0.309 e. The average Bonchev–Trinajstić information content (AvgIpc) is 2.29. The third-order valence-corrected chi connectivity index (χ3v) is 2.55. The molecule has 0 unspecified atom stereocenters. The molecule has 70 valence electrons. The normalized spacial score (nSPS) is 30.5. The second-order valence-electron chi connectivity index (χ2n) is 4.63. The lowest BCUT2D eigenvalue weighted by Gasteiger charge is -2.24. The standard InChI is InChI=1S/C10H18O2/c1-5-7-6-8(10(2,3)4)12-9(7)11/h7-8H,5-6H2,1-4H3/t7-,8+/m1/s1. The number of rotatable bonds is 1. The number of hydrogen-bond acceptors (Lipinski definition) is 2. The number of ether oxygens (including phenoxy) is 1. The molecule has 1 fully saturated rings. The first-order valence-electron chi connectivity index (χ1n) is 4.65. The fraction of sp³-hybridized carbons (Fsp3) is 0.900. The summed E-state index contributed by atoms with van der Waals surface area (Å²) in [7, 11) is 0. The maximum atomic E-state index is 11.2. The van der Waals surface area contributed by atoms with Crippen LogP contribution in [0.1, 0.15) is 40.5 Å². The van der Waals surface area contributed by atoms with E-state index in [1.54, 1.807) is 0 Å². The van der Waals surface area contributed by atoms with E-state index in [1.807, 2.05) is 6.92 Å². The zero-order chi connectivity index (χ0) is 9.35. The molecule has 2 nitrogen and oxygen atoms in total. The zero-order valence-electron chi connectivity index (χ0n) is 8.39. The molecule has 1 rings (SSSR count). The molecular formula is C10H18O2. The van der Waals surface area contributed by atoms with Crippen LogP contribution in [-0.4, -0.2) is 12.1 Å². The predicted octanol–water partition coefficient (Wildman–Crippen LogP) is 2.37. The van der Waals surface area contributed by atoms with E-state index in [4.69, 9.17) is 4.74 Å². The highest BCUT2D eigenvalue weighted by Crippen LogP contribution is 2.34. The van der Waals surface area contributed by atoms with Crippen LogP contribution in [0.15, 0.2) is 0 Å². The van der Waals surface area contributed by atoms with Gasteiger partial charge in [0.25, 0.3) is 0 Å². The van der Waals surface area contributed by atoms with Gasteiger partial charge in [-0.3, -0.25) is 4.79 Å². The van der Waals surface area contributed by atoms with Crippen molar-refractivity contribution in [1.29, 1.82) is 0 Å². The summed E-state index contributed by atoms with van der Waals surface area (Å²) in [5.74, 6) is 0.145. The molecule has 0 spiro atoms. The molecule has 0 aromatic rings. The number of carbonyl (C=O) groups excluding carboxylic acids is 1. The summed E-state index contributed by atoms with van der Waals surface area (Å²) in [6.07, 6.45) is 1.93. The Morgan fingerprint density at radius 2 is 2.08 bits per heavy atom. The van der Waals surface area contributed by atoms with Gasteiger partial charge in [0.05, 0.1) is 5.92 Å². The molecule has 0 N–H and O–H groups in total. The fourth-order valence-electron chi connectivity index (χ4n) is 1.50. The molecule has 0 amide bonds. The third-order valence-electron chi connectivity index (χ3n) is 2.55. The van der Waals surface area contributed by atoms with Crippen molar-refractivity contribution in [3.63, 3.8) is 0 Å². The van der Waals surface area contributed by atoms with Gasteiger partial charge >= 0.3 is 5.97 Å². The van der Waals surface area contributed by atoms with E-state index in [1.165, 1.54) is 0 Å². The van der Waals surface area contributed by atoms with Gasteiger partial charge < -0.3 is 4.74 Å². The molecule has 1 aliphatic rings. The second kappa shape index (κ2) is 3.08. The van der Waals surface area contributed by atoms with Gasteiger partial charge in [0.15, 0.2) is 0 Å². The summed E-state index contributed by atoms with van der Waals surface area (Å²) in [5, 5.41) is 0. The van der Waals surface area contributed by atoms with Crippen LogP contribution in [0.4, 0.5) is 0 Å². The molecule has 1 saturated heterocycles. The first-order chi connectivity index (χ1) is 5.45. The molecule has 1 heterocycles. The third kappa shape index (κ3) is 1.79. The minimum absolute atomic E-state index is 0.00238. The summed E-state index contributed by atoms with van der Waals surface area (Å²) >= 11 is 0. The lowest BCUT2D eigenvalue weighted by molar-refractivity contribution is -0.147. The number of hydrogen-bond donors (Lipinski definition) is 0. The zero-order valence-corrected chi connectivity index (χ0v) is 8.39. The van der Waals surface area contributed by atoms with Crippen molar-refractivity contribution in [2.45, 2.75) is 46.6 Å². The van der Waals surface area contributed by atoms with Crippen molar-refractivity contribution >= 4 is 5.97 Å². The van der Waals surface area contributed by atoms with Gasteiger partial charge in [-0.1, -0.05) is 27.7 Å². The van der Waals surface area contributed by atoms with Crippen LogP contribution in [0.2, 0.25) is 0 Å². The molecule has 0 aromatic heterocycles. The first kappa shape index (κ1) is 9.56. The Labute approximate surface area is 74.3 Å². The number of carbonyl (C=O) groups is 1. The molecule has 0 aromatic carbocycles. The van der Waals surface area contributed by atoms with E-state index in [0.29, 0.717) is 0 Å². The highest BCUT2D eigenvalue weighted by atomic mass is 16.6. The minimum atomic E-state index is -0.00238. The van der Waals surface area contributed by atoms with Crippen molar-refractivity contribution < 1.29 is 9.53 Å². The topological polar surface area (TPSA) is 26.3 Å². The Balaban J connectivity index is 2.60. The quantitative estimate of drug-likeness (QED) is 0.565. The lowest BCUT2D eigenvalue weighted by Crippen LogP contribution is -2.25. The van der Waals surface area contributed by atoms with E-state index in [0.717, 1.165) is 12.8 Å². The van der Waals surface area contributed by atoms with Gasteiger partial charge in [0.2, 0.25) is 0 Å². The van der Waals surface area contributed by atoms with Crippen LogP contribution in [0.5, 0.6) is 0 Å². The molecule has 1 aliphatic heterocycles. The number of esters is 1. The van der Waals surface area contributed by atoms with Crippen molar-refractivity contribution in [3.05, 3.63) is 0 Å². The summed E-state index contributed by atoms with van der Waals surface area (Å²) < 4.78 is 5.29.